The van der Waals surface area contributed by atoms with Crippen molar-refractivity contribution >= 4 is 23.4 Å². The lowest BCUT2D eigenvalue weighted by Gasteiger charge is -2.10. The Labute approximate surface area is 189 Å². The largest absolute Gasteiger partial charge is 0.457 e. The summed E-state index contributed by atoms with van der Waals surface area (Å²) >= 11 is 0. The maximum absolute atomic E-state index is 12.4. The third-order valence-corrected chi connectivity index (χ3v) is 4.54. The summed E-state index contributed by atoms with van der Waals surface area (Å²) in [6, 6.07) is 29.4. The lowest BCUT2D eigenvalue weighted by atomic mass is 10.2. The van der Waals surface area contributed by atoms with Crippen LogP contribution in [0.2, 0.25) is 0 Å². The summed E-state index contributed by atoms with van der Waals surface area (Å²) in [7, 11) is 0. The van der Waals surface area contributed by atoms with Crippen molar-refractivity contribution in [3.63, 3.8) is 0 Å². The zero-order chi connectivity index (χ0) is 23.0. The van der Waals surface area contributed by atoms with Gasteiger partial charge in [0.1, 0.15) is 23.0 Å². The number of amides is 2. The van der Waals surface area contributed by atoms with E-state index in [9.17, 15) is 14.0 Å². The molecule has 6 nitrogen and oxygen atoms in total. The second-order valence-electron chi connectivity index (χ2n) is 6.94. The number of hydrogen-bond acceptors (Lipinski definition) is 4. The summed E-state index contributed by atoms with van der Waals surface area (Å²) in [4.78, 5) is 22.7. The first-order valence-electron chi connectivity index (χ1n) is 10.0. The number of hydrogen-bond donors (Lipinski definition) is 2. The van der Waals surface area contributed by atoms with Gasteiger partial charge in [0, 0.05) is 16.9 Å². The highest BCUT2D eigenvalue weighted by Gasteiger charge is 2.06. The van der Waals surface area contributed by atoms with Crippen molar-refractivity contribution in [3.05, 3.63) is 109 Å². The molecule has 0 aromatic heterocycles. The van der Waals surface area contributed by atoms with Gasteiger partial charge in [0.05, 0.1) is 0 Å². The topological polar surface area (TPSA) is 76.7 Å². The molecule has 0 bridgehead atoms. The third kappa shape index (κ3) is 6.18. The maximum atomic E-state index is 12.4. The minimum Gasteiger partial charge on any atom is -0.457 e. The van der Waals surface area contributed by atoms with Crippen LogP contribution in [-0.2, 0) is 0 Å². The number of carbonyl (C=O) groups excluding carboxylic acids is 2. The van der Waals surface area contributed by atoms with Gasteiger partial charge in [-0.3, -0.25) is 10.1 Å². The van der Waals surface area contributed by atoms with E-state index in [-0.39, 0.29) is 5.91 Å². The predicted octanol–water partition coefficient (Wildman–Crippen LogP) is 7.02. The van der Waals surface area contributed by atoms with Crippen LogP contribution in [-0.4, -0.2) is 12.1 Å². The molecule has 0 saturated heterocycles. The van der Waals surface area contributed by atoms with Crippen LogP contribution < -0.4 is 20.1 Å². The standard InChI is InChI=1S/C26H19FN2O4/c27-26(31)29-20-8-12-22(13-9-20)33-24-16-14-23(15-17-24)32-21-10-6-19(7-11-21)28-25(30)18-4-2-1-3-5-18/h1-17H,(H,28,30)(H,29,31). The van der Waals surface area contributed by atoms with Crippen LogP contribution in [0.4, 0.5) is 20.6 Å². The summed E-state index contributed by atoms with van der Waals surface area (Å²) < 4.78 is 23.9. The fourth-order valence-corrected chi connectivity index (χ4v) is 2.97. The van der Waals surface area contributed by atoms with E-state index in [4.69, 9.17) is 9.47 Å². The Morgan fingerprint density at radius 3 is 1.36 bits per heavy atom. The van der Waals surface area contributed by atoms with Gasteiger partial charge < -0.3 is 14.8 Å². The molecule has 4 rings (SSSR count). The highest BCUT2D eigenvalue weighted by atomic mass is 19.1. The highest BCUT2D eigenvalue weighted by Crippen LogP contribution is 2.28. The Bertz CT molecular complexity index is 1230. The molecule has 2 N–H and O–H groups in total. The lowest BCUT2D eigenvalue weighted by Crippen LogP contribution is -2.11. The Morgan fingerprint density at radius 1 is 0.545 bits per heavy atom. The molecular formula is C26H19FN2O4. The van der Waals surface area contributed by atoms with E-state index in [0.717, 1.165) is 0 Å². The van der Waals surface area contributed by atoms with Crippen molar-refractivity contribution in [2.24, 2.45) is 0 Å². The Kier molecular flexibility index (Phi) is 6.61. The highest BCUT2D eigenvalue weighted by molar-refractivity contribution is 6.04. The summed E-state index contributed by atoms with van der Waals surface area (Å²) in [5, 5.41) is 4.89. The van der Waals surface area contributed by atoms with Crippen molar-refractivity contribution in [1.82, 2.24) is 0 Å². The molecule has 0 atom stereocenters. The van der Waals surface area contributed by atoms with E-state index in [0.29, 0.717) is 39.9 Å². The first kappa shape index (κ1) is 21.6. The minimum absolute atomic E-state index is 0.179. The number of anilines is 2. The average molecular weight is 442 g/mol. The number of carbonyl (C=O) groups is 2. The van der Waals surface area contributed by atoms with Gasteiger partial charge in [0.15, 0.2) is 0 Å². The molecule has 0 fully saturated rings. The first-order valence-corrected chi connectivity index (χ1v) is 10.0. The van der Waals surface area contributed by atoms with Gasteiger partial charge in [-0.2, -0.15) is 0 Å². The van der Waals surface area contributed by atoms with Gasteiger partial charge >= 0.3 is 6.16 Å². The minimum atomic E-state index is -1.62. The number of ether oxygens (including phenoxy) is 2. The normalized spacial score (nSPS) is 10.2. The molecule has 0 saturated carbocycles. The molecule has 4 aromatic carbocycles. The molecule has 4 aromatic rings. The number of rotatable bonds is 7. The second-order valence-corrected chi connectivity index (χ2v) is 6.94. The SMILES string of the molecule is O=C(F)Nc1ccc(Oc2ccc(Oc3ccc(NC(=O)c4ccccc4)cc3)cc2)cc1. The molecule has 0 radical (unpaired) electrons. The third-order valence-electron chi connectivity index (χ3n) is 4.54. The number of nitrogens with one attached hydrogen (secondary N) is 2. The van der Waals surface area contributed by atoms with Crippen LogP contribution in [0.15, 0.2) is 103 Å². The van der Waals surface area contributed by atoms with Gasteiger partial charge in [-0.15, -0.1) is 4.39 Å². The maximum Gasteiger partial charge on any atom is 0.401 e. The molecule has 2 amide bonds. The van der Waals surface area contributed by atoms with Crippen molar-refractivity contribution in [2.45, 2.75) is 0 Å². The van der Waals surface area contributed by atoms with Gasteiger partial charge in [-0.05, 0) is 84.9 Å². The molecular weight excluding hydrogens is 423 g/mol. The van der Waals surface area contributed by atoms with Crippen LogP contribution in [0.3, 0.4) is 0 Å². The molecule has 7 heteroatoms. The molecule has 0 aliphatic rings. The van der Waals surface area contributed by atoms with Crippen molar-refractivity contribution in [3.8, 4) is 23.0 Å². The Hall–Kier alpha value is -4.65. The zero-order valence-corrected chi connectivity index (χ0v) is 17.3. The number of benzene rings is 4. The van der Waals surface area contributed by atoms with Gasteiger partial charge in [0.25, 0.3) is 5.91 Å². The quantitative estimate of drug-likeness (QED) is 0.238. The lowest BCUT2D eigenvalue weighted by molar-refractivity contribution is 0.102. The van der Waals surface area contributed by atoms with Gasteiger partial charge in [-0.1, -0.05) is 18.2 Å². The molecule has 0 aliphatic heterocycles. The Balaban J connectivity index is 1.32. The van der Waals surface area contributed by atoms with Crippen molar-refractivity contribution in [1.29, 1.82) is 0 Å². The van der Waals surface area contributed by atoms with Crippen LogP contribution in [0.1, 0.15) is 10.4 Å². The number of halogens is 1. The fraction of sp³-hybridized carbons (Fsp3) is 0. The van der Waals surface area contributed by atoms with Crippen LogP contribution in [0.5, 0.6) is 23.0 Å². The van der Waals surface area contributed by atoms with E-state index in [2.05, 4.69) is 5.32 Å². The Morgan fingerprint density at radius 2 is 0.939 bits per heavy atom. The first-order chi connectivity index (χ1) is 16.0. The smallest absolute Gasteiger partial charge is 0.401 e. The van der Waals surface area contributed by atoms with Crippen LogP contribution >= 0.6 is 0 Å². The summed E-state index contributed by atoms with van der Waals surface area (Å²) in [5.74, 6) is 2.18. The van der Waals surface area contributed by atoms with Crippen LogP contribution in [0, 0.1) is 0 Å². The molecule has 164 valence electrons. The van der Waals surface area contributed by atoms with E-state index in [1.807, 2.05) is 23.5 Å². The van der Waals surface area contributed by atoms with Gasteiger partial charge in [0.2, 0.25) is 0 Å². The zero-order valence-electron chi connectivity index (χ0n) is 17.3. The fourth-order valence-electron chi connectivity index (χ4n) is 2.97. The predicted molar refractivity (Wildman–Crippen MR) is 124 cm³/mol. The van der Waals surface area contributed by atoms with Crippen LogP contribution in [0.25, 0.3) is 0 Å². The van der Waals surface area contributed by atoms with Gasteiger partial charge in [-0.25, -0.2) is 4.79 Å². The van der Waals surface area contributed by atoms with E-state index < -0.39 is 6.16 Å². The summed E-state index contributed by atoms with van der Waals surface area (Å²) in [5.41, 5.74) is 1.59. The van der Waals surface area contributed by atoms with Crippen molar-refractivity contribution < 1.29 is 23.5 Å². The molecule has 0 aliphatic carbocycles. The second kappa shape index (κ2) is 10.1. The molecule has 0 unspecified atom stereocenters. The average Bonchev–Trinajstić information content (AvgIpc) is 2.83. The van der Waals surface area contributed by atoms with E-state index in [1.54, 1.807) is 72.8 Å². The molecule has 33 heavy (non-hydrogen) atoms. The molecule has 0 spiro atoms. The van der Waals surface area contributed by atoms with E-state index in [1.165, 1.54) is 12.1 Å². The summed E-state index contributed by atoms with van der Waals surface area (Å²) in [6.45, 7) is 0. The summed E-state index contributed by atoms with van der Waals surface area (Å²) in [6.07, 6.45) is -1.62. The monoisotopic (exact) mass is 442 g/mol. The molecule has 0 heterocycles. The van der Waals surface area contributed by atoms with E-state index >= 15 is 0 Å². The van der Waals surface area contributed by atoms with Crippen molar-refractivity contribution in [2.75, 3.05) is 10.6 Å².